The Balaban J connectivity index is 2.32. The van der Waals surface area contributed by atoms with Gasteiger partial charge in [-0.1, -0.05) is 18.2 Å². The fourth-order valence-electron chi connectivity index (χ4n) is 2.30. The number of benzene rings is 1. The Labute approximate surface area is 86.1 Å². The number of nitrogens with one attached hydrogen (secondary N) is 1. The molecular weight excluding hydrogens is 172 g/mol. The Hall–Kier alpha value is -0.860. The Morgan fingerprint density at radius 3 is 2.43 bits per heavy atom. The fraction of sp³-hybridized carbons (Fsp3) is 0.500. The summed E-state index contributed by atoms with van der Waals surface area (Å²) in [4.78, 5) is 0. The fourth-order valence-corrected chi connectivity index (χ4v) is 2.30. The summed E-state index contributed by atoms with van der Waals surface area (Å²) in [5.74, 6) is 0. The van der Waals surface area contributed by atoms with Crippen LogP contribution in [0.3, 0.4) is 0 Å². The van der Waals surface area contributed by atoms with Crippen LogP contribution in [-0.4, -0.2) is 33.2 Å². The van der Waals surface area contributed by atoms with Gasteiger partial charge in [-0.05, 0) is 13.0 Å². The average molecular weight is 191 g/mol. The number of rotatable bonds is 1. The molecular formula is C12H19N2+. The van der Waals surface area contributed by atoms with E-state index >= 15 is 0 Å². The summed E-state index contributed by atoms with van der Waals surface area (Å²) in [6, 6.07) is 8.74. The molecule has 0 aromatic heterocycles. The van der Waals surface area contributed by atoms with Gasteiger partial charge in [-0.15, -0.1) is 0 Å². The Morgan fingerprint density at radius 2 is 1.79 bits per heavy atom. The smallest absolute Gasteiger partial charge is 0.135 e. The first-order valence-electron chi connectivity index (χ1n) is 5.34. The SMILES string of the molecule is Cc1ccccc1[N+]1(C)CCNCC1. The lowest BCUT2D eigenvalue weighted by Gasteiger charge is -2.38. The van der Waals surface area contributed by atoms with Crippen molar-refractivity contribution >= 4 is 5.69 Å². The van der Waals surface area contributed by atoms with Crippen molar-refractivity contribution in [2.24, 2.45) is 0 Å². The van der Waals surface area contributed by atoms with Crippen molar-refractivity contribution in [2.75, 3.05) is 33.2 Å². The van der Waals surface area contributed by atoms with Gasteiger partial charge in [0.1, 0.15) is 5.69 Å². The topological polar surface area (TPSA) is 12.0 Å². The van der Waals surface area contributed by atoms with Gasteiger partial charge in [-0.2, -0.15) is 0 Å². The average Bonchev–Trinajstić information content (AvgIpc) is 2.19. The van der Waals surface area contributed by atoms with Crippen molar-refractivity contribution in [3.05, 3.63) is 29.8 Å². The molecule has 0 saturated carbocycles. The Bertz CT molecular complexity index is 314. The van der Waals surface area contributed by atoms with Crippen LogP contribution < -0.4 is 9.80 Å². The number of likely N-dealkylation sites (N-methyl/N-ethyl adjacent to an activating group) is 1. The highest BCUT2D eigenvalue weighted by Gasteiger charge is 2.28. The summed E-state index contributed by atoms with van der Waals surface area (Å²) in [6.07, 6.45) is 0. The van der Waals surface area contributed by atoms with Crippen molar-refractivity contribution in [1.82, 2.24) is 9.80 Å². The summed E-state index contributed by atoms with van der Waals surface area (Å²) in [6.45, 7) is 6.87. The van der Waals surface area contributed by atoms with Crippen molar-refractivity contribution in [2.45, 2.75) is 6.92 Å². The predicted molar refractivity (Wildman–Crippen MR) is 61.5 cm³/mol. The van der Waals surface area contributed by atoms with E-state index in [0.717, 1.165) is 17.6 Å². The minimum Gasteiger partial charge on any atom is -0.306 e. The second-order valence-electron chi connectivity index (χ2n) is 4.38. The van der Waals surface area contributed by atoms with Crippen LogP contribution in [0.5, 0.6) is 0 Å². The Kier molecular flexibility index (Phi) is 2.57. The maximum Gasteiger partial charge on any atom is 0.135 e. The number of nitrogens with zero attached hydrogens (tertiary/aromatic N) is 1. The van der Waals surface area contributed by atoms with Crippen LogP contribution in [0.1, 0.15) is 5.56 Å². The molecule has 1 aliphatic rings. The molecule has 1 fully saturated rings. The molecule has 2 nitrogen and oxygen atoms in total. The molecule has 14 heavy (non-hydrogen) atoms. The molecule has 0 aliphatic carbocycles. The summed E-state index contributed by atoms with van der Waals surface area (Å²) in [5, 5.41) is 3.41. The second-order valence-corrected chi connectivity index (χ2v) is 4.38. The van der Waals surface area contributed by atoms with Crippen LogP contribution in [0.2, 0.25) is 0 Å². The van der Waals surface area contributed by atoms with Gasteiger partial charge >= 0.3 is 0 Å². The van der Waals surface area contributed by atoms with Gasteiger partial charge in [-0.3, -0.25) is 4.48 Å². The maximum absolute atomic E-state index is 3.41. The van der Waals surface area contributed by atoms with Gasteiger partial charge in [0.2, 0.25) is 0 Å². The highest BCUT2D eigenvalue weighted by molar-refractivity contribution is 5.49. The zero-order chi connectivity index (χ0) is 10.0. The highest BCUT2D eigenvalue weighted by Crippen LogP contribution is 2.25. The molecule has 0 bridgehead atoms. The summed E-state index contributed by atoms with van der Waals surface area (Å²) in [7, 11) is 2.34. The molecule has 76 valence electrons. The van der Waals surface area contributed by atoms with E-state index in [1.54, 1.807) is 0 Å². The summed E-state index contributed by atoms with van der Waals surface area (Å²) in [5.41, 5.74) is 2.89. The summed E-state index contributed by atoms with van der Waals surface area (Å²) >= 11 is 0. The minimum absolute atomic E-state index is 1.08. The van der Waals surface area contributed by atoms with Crippen LogP contribution >= 0.6 is 0 Å². The van der Waals surface area contributed by atoms with Crippen LogP contribution in [-0.2, 0) is 0 Å². The highest BCUT2D eigenvalue weighted by atomic mass is 15.4. The molecule has 0 amide bonds. The van der Waals surface area contributed by atoms with E-state index in [-0.39, 0.29) is 0 Å². The van der Waals surface area contributed by atoms with Crippen LogP contribution in [0.25, 0.3) is 0 Å². The van der Waals surface area contributed by atoms with Gasteiger partial charge in [0.25, 0.3) is 0 Å². The largest absolute Gasteiger partial charge is 0.306 e. The number of hydrogen-bond acceptors (Lipinski definition) is 1. The second kappa shape index (κ2) is 3.71. The van der Waals surface area contributed by atoms with Crippen molar-refractivity contribution in [1.29, 1.82) is 0 Å². The molecule has 0 atom stereocenters. The molecule has 0 unspecified atom stereocenters. The number of para-hydroxylation sites is 1. The van der Waals surface area contributed by atoms with Crippen LogP contribution in [0, 0.1) is 6.92 Å². The van der Waals surface area contributed by atoms with E-state index < -0.39 is 0 Å². The van der Waals surface area contributed by atoms with Gasteiger partial charge in [0.15, 0.2) is 0 Å². The number of aryl methyl sites for hydroxylation is 1. The Morgan fingerprint density at radius 1 is 1.14 bits per heavy atom. The minimum atomic E-state index is 1.08. The van der Waals surface area contributed by atoms with Crippen molar-refractivity contribution < 1.29 is 0 Å². The lowest BCUT2D eigenvalue weighted by atomic mass is 10.1. The van der Waals surface area contributed by atoms with Crippen LogP contribution in [0.15, 0.2) is 24.3 Å². The first kappa shape index (κ1) is 9.69. The van der Waals surface area contributed by atoms with E-state index in [9.17, 15) is 0 Å². The van der Waals surface area contributed by atoms with E-state index in [1.807, 2.05) is 0 Å². The molecule has 1 aliphatic heterocycles. The third-order valence-electron chi connectivity index (χ3n) is 3.26. The standard InChI is InChI=1S/C12H19N2/c1-11-5-3-4-6-12(11)14(2)9-7-13-8-10-14/h3-6,13H,7-10H2,1-2H3/q+1. The lowest BCUT2D eigenvalue weighted by Crippen LogP contribution is -2.57. The summed E-state index contributed by atoms with van der Waals surface area (Å²) < 4.78 is 1.08. The monoisotopic (exact) mass is 191 g/mol. The molecule has 1 saturated heterocycles. The number of piperazine rings is 1. The molecule has 2 heteroatoms. The van der Waals surface area contributed by atoms with Gasteiger partial charge in [0.05, 0.1) is 20.1 Å². The normalized spacial score (nSPS) is 20.7. The van der Waals surface area contributed by atoms with E-state index in [1.165, 1.54) is 24.3 Å². The lowest BCUT2D eigenvalue weighted by molar-refractivity contribution is 0.287. The third kappa shape index (κ3) is 1.68. The van der Waals surface area contributed by atoms with Crippen LogP contribution in [0.4, 0.5) is 5.69 Å². The van der Waals surface area contributed by atoms with E-state index in [2.05, 4.69) is 43.6 Å². The molecule has 2 rings (SSSR count). The maximum atomic E-state index is 3.41. The molecule has 1 N–H and O–H groups in total. The zero-order valence-corrected chi connectivity index (χ0v) is 9.09. The van der Waals surface area contributed by atoms with E-state index in [4.69, 9.17) is 0 Å². The van der Waals surface area contributed by atoms with Gasteiger partial charge < -0.3 is 5.32 Å². The number of quaternary nitrogens is 1. The van der Waals surface area contributed by atoms with Gasteiger partial charge in [-0.25, -0.2) is 0 Å². The van der Waals surface area contributed by atoms with Crippen molar-refractivity contribution in [3.8, 4) is 0 Å². The van der Waals surface area contributed by atoms with Gasteiger partial charge in [0, 0.05) is 18.7 Å². The first-order chi connectivity index (χ1) is 6.72. The quantitative estimate of drug-likeness (QED) is 0.664. The molecule has 1 heterocycles. The molecule has 0 radical (unpaired) electrons. The third-order valence-corrected chi connectivity index (χ3v) is 3.26. The first-order valence-corrected chi connectivity index (χ1v) is 5.34. The van der Waals surface area contributed by atoms with E-state index in [0.29, 0.717) is 0 Å². The van der Waals surface area contributed by atoms with Crippen molar-refractivity contribution in [3.63, 3.8) is 0 Å². The number of hydrogen-bond donors (Lipinski definition) is 1. The molecule has 1 aromatic rings. The molecule has 1 aromatic carbocycles. The predicted octanol–water partition coefficient (Wildman–Crippen LogP) is 1.54. The zero-order valence-electron chi connectivity index (χ0n) is 9.09. The molecule has 0 spiro atoms.